The molecule has 2 fully saturated rings. The van der Waals surface area contributed by atoms with Crippen LogP contribution in [-0.4, -0.2) is 59.9 Å². The highest BCUT2D eigenvalue weighted by molar-refractivity contribution is 5.90. The van der Waals surface area contributed by atoms with Crippen molar-refractivity contribution >= 4 is 11.8 Å². The average molecular weight is 386 g/mol. The van der Waals surface area contributed by atoms with Gasteiger partial charge in [-0.15, -0.1) is 0 Å². The highest BCUT2D eigenvalue weighted by Crippen LogP contribution is 2.45. The summed E-state index contributed by atoms with van der Waals surface area (Å²) < 4.78 is 0. The Morgan fingerprint density at radius 2 is 1.82 bits per heavy atom. The lowest BCUT2D eigenvalue weighted by molar-refractivity contribution is -0.142. The topological polar surface area (TPSA) is 52.6 Å². The van der Waals surface area contributed by atoms with Gasteiger partial charge in [0.2, 0.25) is 11.8 Å². The molecule has 0 aromatic heterocycles. The third-order valence-corrected chi connectivity index (χ3v) is 6.57. The average Bonchev–Trinajstić information content (AvgIpc) is 2.67. The van der Waals surface area contributed by atoms with E-state index in [1.54, 1.807) is 13.8 Å². The molecule has 1 aromatic carbocycles. The largest absolute Gasteiger partial charge is 0.342 e. The summed E-state index contributed by atoms with van der Waals surface area (Å²) in [6, 6.07) is 10.9. The van der Waals surface area contributed by atoms with E-state index in [4.69, 9.17) is 0 Å². The molecule has 2 heterocycles. The smallest absolute Gasteiger partial charge is 0.247 e. The number of likely N-dealkylation sites (tertiary alicyclic amines) is 2. The number of carbonyl (C=O) groups is 2. The summed E-state index contributed by atoms with van der Waals surface area (Å²) in [5.74, 6) is 0.427. The van der Waals surface area contributed by atoms with Gasteiger partial charge in [-0.05, 0) is 56.6 Å². The molecule has 5 nitrogen and oxygen atoms in total. The van der Waals surface area contributed by atoms with E-state index < -0.39 is 5.54 Å². The number of nitrogens with zero attached hydrogens (tertiary/aromatic N) is 2. The normalized spacial score (nSPS) is 22.9. The second kappa shape index (κ2) is 8.24. The first kappa shape index (κ1) is 20.8. The van der Waals surface area contributed by atoms with Crippen molar-refractivity contribution in [2.24, 2.45) is 5.41 Å². The van der Waals surface area contributed by atoms with E-state index in [1.165, 1.54) is 18.9 Å². The molecule has 2 aliphatic rings. The first-order valence-electron chi connectivity index (χ1n) is 10.6. The highest BCUT2D eigenvalue weighted by atomic mass is 16.2. The summed E-state index contributed by atoms with van der Waals surface area (Å²) in [6.07, 6.45) is 3.27. The van der Waals surface area contributed by atoms with Crippen LogP contribution >= 0.6 is 0 Å². The number of piperidine rings is 2. The summed E-state index contributed by atoms with van der Waals surface area (Å²) in [5.41, 5.74) is 0.875. The van der Waals surface area contributed by atoms with Gasteiger partial charge in [0.05, 0.1) is 0 Å². The van der Waals surface area contributed by atoms with Crippen LogP contribution in [0.2, 0.25) is 0 Å². The van der Waals surface area contributed by atoms with Crippen LogP contribution < -0.4 is 5.32 Å². The number of amides is 2. The van der Waals surface area contributed by atoms with Crippen LogP contribution in [-0.2, 0) is 9.59 Å². The zero-order valence-corrected chi connectivity index (χ0v) is 17.8. The molecule has 0 radical (unpaired) electrons. The van der Waals surface area contributed by atoms with Gasteiger partial charge >= 0.3 is 0 Å². The van der Waals surface area contributed by atoms with E-state index in [-0.39, 0.29) is 17.2 Å². The van der Waals surface area contributed by atoms with E-state index >= 15 is 0 Å². The number of rotatable bonds is 4. The van der Waals surface area contributed by atoms with Crippen LogP contribution in [0.15, 0.2) is 30.3 Å². The molecule has 2 aliphatic heterocycles. The summed E-state index contributed by atoms with van der Waals surface area (Å²) in [5, 5.41) is 2.79. The van der Waals surface area contributed by atoms with Gasteiger partial charge in [-0.2, -0.15) is 0 Å². The maximum Gasteiger partial charge on any atom is 0.247 e. The lowest BCUT2D eigenvalue weighted by Crippen LogP contribution is -2.59. The molecule has 1 aromatic rings. The van der Waals surface area contributed by atoms with Gasteiger partial charge in [0.1, 0.15) is 5.54 Å². The van der Waals surface area contributed by atoms with Gasteiger partial charge in [-0.1, -0.05) is 37.3 Å². The Labute approximate surface area is 169 Å². The van der Waals surface area contributed by atoms with Gasteiger partial charge in [-0.25, -0.2) is 0 Å². The van der Waals surface area contributed by atoms with Crippen LogP contribution in [0.3, 0.4) is 0 Å². The Bertz CT molecular complexity index is 693. The van der Waals surface area contributed by atoms with Crippen molar-refractivity contribution in [3.63, 3.8) is 0 Å². The van der Waals surface area contributed by atoms with Gasteiger partial charge in [0, 0.05) is 33.1 Å². The molecule has 5 heteroatoms. The van der Waals surface area contributed by atoms with Crippen molar-refractivity contribution in [3.05, 3.63) is 35.9 Å². The van der Waals surface area contributed by atoms with Crippen LogP contribution in [0.1, 0.15) is 58.4 Å². The van der Waals surface area contributed by atoms with Gasteiger partial charge in [-0.3, -0.25) is 9.59 Å². The van der Waals surface area contributed by atoms with E-state index in [9.17, 15) is 9.59 Å². The fourth-order valence-electron chi connectivity index (χ4n) is 5.13. The number of hydrogen-bond donors (Lipinski definition) is 1. The molecule has 0 unspecified atom stereocenters. The van der Waals surface area contributed by atoms with Crippen molar-refractivity contribution in [1.29, 1.82) is 0 Å². The van der Waals surface area contributed by atoms with E-state index in [1.807, 2.05) is 4.90 Å². The van der Waals surface area contributed by atoms with Crippen molar-refractivity contribution in [3.8, 4) is 0 Å². The summed E-state index contributed by atoms with van der Waals surface area (Å²) in [7, 11) is 0. The Morgan fingerprint density at radius 3 is 2.39 bits per heavy atom. The monoisotopic (exact) mass is 385 g/mol. The highest BCUT2D eigenvalue weighted by Gasteiger charge is 2.44. The molecule has 2 saturated heterocycles. The van der Waals surface area contributed by atoms with E-state index in [0.717, 1.165) is 45.6 Å². The summed E-state index contributed by atoms with van der Waals surface area (Å²) in [6.45, 7) is 12.2. The number of nitrogens with one attached hydrogen (secondary N) is 1. The maximum atomic E-state index is 12.9. The first-order chi connectivity index (χ1) is 13.2. The molecular formula is C23H35N3O2. The second-order valence-corrected chi connectivity index (χ2v) is 9.24. The molecule has 2 amide bonds. The summed E-state index contributed by atoms with van der Waals surface area (Å²) in [4.78, 5) is 28.9. The van der Waals surface area contributed by atoms with Gasteiger partial charge < -0.3 is 15.1 Å². The zero-order valence-electron chi connectivity index (χ0n) is 17.8. The number of hydrogen-bond acceptors (Lipinski definition) is 3. The predicted octanol–water partition coefficient (Wildman–Crippen LogP) is 3.02. The minimum Gasteiger partial charge on any atom is -0.342 e. The first-order valence-corrected chi connectivity index (χ1v) is 10.6. The fraction of sp³-hybridized carbons (Fsp3) is 0.652. The van der Waals surface area contributed by atoms with Crippen LogP contribution in [0, 0.1) is 5.41 Å². The maximum absolute atomic E-state index is 12.9. The third-order valence-electron chi connectivity index (χ3n) is 6.57. The second-order valence-electron chi connectivity index (χ2n) is 9.24. The standard InChI is InChI=1S/C23H35N3O2/c1-5-25-16-20(19-9-7-6-8-10-19)15-23(17-25)11-13-26(14-12-23)21(28)22(3,4)24-18(2)27/h6-10,20H,5,11-17H2,1-4H3,(H,24,27)/t20-/m0/s1. The van der Waals surface area contributed by atoms with E-state index in [2.05, 4.69) is 47.5 Å². The Kier molecular flexibility index (Phi) is 6.13. The summed E-state index contributed by atoms with van der Waals surface area (Å²) >= 11 is 0. The van der Waals surface area contributed by atoms with Crippen molar-refractivity contribution in [1.82, 2.24) is 15.1 Å². The van der Waals surface area contributed by atoms with Crippen molar-refractivity contribution in [2.45, 2.75) is 58.4 Å². The number of likely N-dealkylation sites (N-methyl/N-ethyl adjacent to an activating group) is 1. The third kappa shape index (κ3) is 4.57. The molecule has 154 valence electrons. The number of benzene rings is 1. The van der Waals surface area contributed by atoms with Crippen LogP contribution in [0.4, 0.5) is 0 Å². The predicted molar refractivity (Wildman–Crippen MR) is 112 cm³/mol. The molecule has 1 spiro atoms. The van der Waals surface area contributed by atoms with Crippen LogP contribution in [0.5, 0.6) is 0 Å². The number of carbonyl (C=O) groups excluding carboxylic acids is 2. The zero-order chi connectivity index (χ0) is 20.4. The minimum atomic E-state index is -0.842. The van der Waals surface area contributed by atoms with Gasteiger partial charge in [0.25, 0.3) is 0 Å². The molecule has 1 N–H and O–H groups in total. The van der Waals surface area contributed by atoms with E-state index in [0.29, 0.717) is 5.92 Å². The lowest BCUT2D eigenvalue weighted by atomic mass is 9.68. The minimum absolute atomic E-state index is 0.0281. The Balaban J connectivity index is 1.69. The molecule has 1 atom stereocenters. The SMILES string of the molecule is CCN1C[C@@H](c2ccccc2)CC2(CCN(C(=O)C(C)(C)NC(C)=O)CC2)C1. The Morgan fingerprint density at radius 1 is 1.18 bits per heavy atom. The molecular weight excluding hydrogens is 350 g/mol. The molecule has 28 heavy (non-hydrogen) atoms. The van der Waals surface area contributed by atoms with Crippen molar-refractivity contribution < 1.29 is 9.59 Å². The van der Waals surface area contributed by atoms with Crippen molar-refractivity contribution in [2.75, 3.05) is 32.7 Å². The fourth-order valence-corrected chi connectivity index (χ4v) is 5.13. The van der Waals surface area contributed by atoms with Crippen LogP contribution in [0.25, 0.3) is 0 Å². The van der Waals surface area contributed by atoms with Gasteiger partial charge in [0.15, 0.2) is 0 Å². The molecule has 0 bridgehead atoms. The molecule has 0 saturated carbocycles. The quantitative estimate of drug-likeness (QED) is 0.867. The Hall–Kier alpha value is -1.88. The molecule has 0 aliphatic carbocycles. The lowest BCUT2D eigenvalue weighted by Gasteiger charge is -2.51. The molecule has 3 rings (SSSR count).